The zero-order valence-corrected chi connectivity index (χ0v) is 14.1. The first-order valence-electron chi connectivity index (χ1n) is 8.05. The topological polar surface area (TPSA) is 33.1 Å². The third-order valence-electron chi connectivity index (χ3n) is 4.04. The van der Waals surface area contributed by atoms with E-state index in [9.17, 15) is 31.4 Å². The number of rotatable bonds is 3. The molecule has 0 amide bonds. The van der Waals surface area contributed by atoms with Crippen LogP contribution in [0.15, 0.2) is 60.7 Å². The summed E-state index contributed by atoms with van der Waals surface area (Å²) in [5.74, 6) is 0. The van der Waals surface area contributed by atoms with Crippen molar-refractivity contribution in [2.75, 3.05) is 0 Å². The fourth-order valence-electron chi connectivity index (χ4n) is 2.68. The average Bonchev–Trinajstić information content (AvgIpc) is 2.66. The van der Waals surface area contributed by atoms with Crippen LogP contribution in [0.2, 0.25) is 0 Å². The molecule has 2 nitrogen and oxygen atoms in total. The minimum absolute atomic E-state index is 0.116. The molecule has 146 valence electrons. The summed E-state index contributed by atoms with van der Waals surface area (Å²) >= 11 is 0. The molecule has 0 bridgehead atoms. The Morgan fingerprint density at radius 2 is 1.11 bits per heavy atom. The number of alkyl halides is 6. The molecule has 28 heavy (non-hydrogen) atoms. The Labute approximate surface area is 156 Å². The second-order valence-electron chi connectivity index (χ2n) is 6.06. The maximum Gasteiger partial charge on any atom is 0.416 e. The largest absolute Gasteiger partial charge is 0.416 e. The van der Waals surface area contributed by atoms with Gasteiger partial charge in [0.25, 0.3) is 0 Å². The van der Waals surface area contributed by atoms with Crippen LogP contribution in [0.5, 0.6) is 0 Å². The first-order chi connectivity index (χ1) is 13.1. The van der Waals surface area contributed by atoms with E-state index in [0.29, 0.717) is 5.56 Å². The van der Waals surface area contributed by atoms with E-state index in [-0.39, 0.29) is 22.5 Å². The molecule has 0 atom stereocenters. The highest BCUT2D eigenvalue weighted by molar-refractivity contribution is 5.68. The van der Waals surface area contributed by atoms with E-state index < -0.39 is 30.1 Å². The fourth-order valence-corrected chi connectivity index (χ4v) is 2.68. The molecule has 1 heterocycles. The number of nitrogens with zero attached hydrogens (tertiary/aromatic N) is 1. The molecule has 0 spiro atoms. The highest BCUT2D eigenvalue weighted by Gasteiger charge is 2.31. The molecule has 0 saturated heterocycles. The third-order valence-corrected chi connectivity index (χ3v) is 4.04. The van der Waals surface area contributed by atoms with E-state index in [1.807, 2.05) is 0 Å². The van der Waals surface area contributed by atoms with Crippen LogP contribution in [0.1, 0.15) is 16.7 Å². The van der Waals surface area contributed by atoms with Crippen LogP contribution in [0.4, 0.5) is 26.3 Å². The van der Waals surface area contributed by atoms with Crippen molar-refractivity contribution in [1.82, 2.24) is 4.98 Å². The molecule has 3 aromatic rings. The summed E-state index contributed by atoms with van der Waals surface area (Å²) in [5.41, 5.74) is -0.926. The minimum atomic E-state index is -4.55. The highest BCUT2D eigenvalue weighted by atomic mass is 19.4. The normalized spacial score (nSPS) is 12.2. The van der Waals surface area contributed by atoms with Crippen LogP contribution in [-0.4, -0.2) is 10.1 Å². The maximum absolute atomic E-state index is 13.0. The first kappa shape index (κ1) is 19.9. The summed E-state index contributed by atoms with van der Waals surface area (Å²) in [6.45, 7) is -0.444. The molecule has 1 N–H and O–H groups in total. The van der Waals surface area contributed by atoms with E-state index >= 15 is 0 Å². The molecule has 8 heteroatoms. The number of pyridine rings is 1. The molecular weight excluding hydrogens is 384 g/mol. The van der Waals surface area contributed by atoms with Crippen LogP contribution >= 0.6 is 0 Å². The predicted molar refractivity (Wildman–Crippen MR) is 91.0 cm³/mol. The summed E-state index contributed by atoms with van der Waals surface area (Å²) in [6.07, 6.45) is -9.09. The van der Waals surface area contributed by atoms with Crippen molar-refractivity contribution in [3.63, 3.8) is 0 Å². The number of aromatic nitrogens is 1. The number of hydrogen-bond acceptors (Lipinski definition) is 2. The maximum atomic E-state index is 13.0. The van der Waals surface area contributed by atoms with Crippen LogP contribution < -0.4 is 0 Å². The Morgan fingerprint density at radius 1 is 0.679 bits per heavy atom. The van der Waals surface area contributed by atoms with Crippen molar-refractivity contribution >= 4 is 0 Å². The Bertz CT molecular complexity index is 919. The molecule has 0 radical (unpaired) electrons. The molecule has 0 fully saturated rings. The quantitative estimate of drug-likeness (QED) is 0.555. The number of halogens is 6. The van der Waals surface area contributed by atoms with Crippen molar-refractivity contribution < 1.29 is 31.4 Å². The molecule has 0 unspecified atom stereocenters. The lowest BCUT2D eigenvalue weighted by Gasteiger charge is -2.12. The second kappa shape index (κ2) is 7.27. The van der Waals surface area contributed by atoms with Gasteiger partial charge in [-0.2, -0.15) is 26.3 Å². The van der Waals surface area contributed by atoms with Crippen molar-refractivity contribution in [2.24, 2.45) is 0 Å². The Kier molecular flexibility index (Phi) is 5.16. The molecule has 0 aliphatic rings. The zero-order chi connectivity index (χ0) is 20.5. The van der Waals surface area contributed by atoms with E-state index in [0.717, 1.165) is 24.3 Å². The van der Waals surface area contributed by atoms with Crippen LogP contribution in [0.3, 0.4) is 0 Å². The lowest BCUT2D eigenvalue weighted by atomic mass is 10.0. The van der Waals surface area contributed by atoms with Gasteiger partial charge in [-0.1, -0.05) is 24.3 Å². The van der Waals surface area contributed by atoms with Gasteiger partial charge in [-0.05, 0) is 42.0 Å². The summed E-state index contributed by atoms with van der Waals surface area (Å²) in [6, 6.07) is 11.7. The molecular formula is C20H13F6NO. The third kappa shape index (κ3) is 4.33. The van der Waals surface area contributed by atoms with Crippen LogP contribution in [0.25, 0.3) is 22.5 Å². The van der Waals surface area contributed by atoms with Gasteiger partial charge in [0.1, 0.15) is 0 Å². The summed E-state index contributed by atoms with van der Waals surface area (Å²) in [5, 5.41) is 9.46. The van der Waals surface area contributed by atoms with Gasteiger partial charge in [0.2, 0.25) is 0 Å². The summed E-state index contributed by atoms with van der Waals surface area (Å²) in [4.78, 5) is 4.22. The van der Waals surface area contributed by atoms with Gasteiger partial charge < -0.3 is 5.11 Å². The molecule has 0 saturated carbocycles. The predicted octanol–water partition coefficient (Wildman–Crippen LogP) is 5.95. The van der Waals surface area contributed by atoms with Gasteiger partial charge in [-0.15, -0.1) is 0 Å². The van der Waals surface area contributed by atoms with Crippen LogP contribution in [-0.2, 0) is 19.0 Å². The monoisotopic (exact) mass is 397 g/mol. The minimum Gasteiger partial charge on any atom is -0.392 e. The molecule has 2 aromatic carbocycles. The van der Waals surface area contributed by atoms with Gasteiger partial charge in [-0.25, -0.2) is 4.98 Å². The molecule has 0 aliphatic heterocycles. The standard InChI is InChI=1S/C20H13F6NO/c21-19(22,23)15-5-1-3-13(9-15)17-7-12(11-28)8-18(27-17)14-4-2-6-16(10-14)20(24,25)26/h1-10,28H,11H2. The average molecular weight is 397 g/mol. The number of aliphatic hydroxyl groups excluding tert-OH is 1. The smallest absolute Gasteiger partial charge is 0.392 e. The zero-order valence-electron chi connectivity index (χ0n) is 14.1. The van der Waals surface area contributed by atoms with E-state index in [1.54, 1.807) is 0 Å². The second-order valence-corrected chi connectivity index (χ2v) is 6.06. The lowest BCUT2D eigenvalue weighted by molar-refractivity contribution is -0.138. The van der Waals surface area contributed by atoms with E-state index in [2.05, 4.69) is 4.98 Å². The number of hydrogen-bond donors (Lipinski definition) is 1. The van der Waals surface area contributed by atoms with Gasteiger partial charge in [-0.3, -0.25) is 0 Å². The Balaban J connectivity index is 2.12. The van der Waals surface area contributed by atoms with Crippen molar-refractivity contribution in [2.45, 2.75) is 19.0 Å². The highest BCUT2D eigenvalue weighted by Crippen LogP contribution is 2.34. The molecule has 3 rings (SSSR count). The SMILES string of the molecule is OCc1cc(-c2cccc(C(F)(F)F)c2)nc(-c2cccc(C(F)(F)F)c2)c1. The fraction of sp³-hybridized carbons (Fsp3) is 0.150. The van der Waals surface area contributed by atoms with Gasteiger partial charge in [0, 0.05) is 11.1 Å². The Hall–Kier alpha value is -2.87. The molecule has 0 aliphatic carbocycles. The Morgan fingerprint density at radius 3 is 1.46 bits per heavy atom. The van der Waals surface area contributed by atoms with Gasteiger partial charge in [0.05, 0.1) is 29.1 Å². The summed E-state index contributed by atoms with van der Waals surface area (Å²) in [7, 11) is 0. The van der Waals surface area contributed by atoms with Crippen LogP contribution in [0, 0.1) is 0 Å². The molecule has 1 aromatic heterocycles. The lowest BCUT2D eigenvalue weighted by Crippen LogP contribution is -2.05. The van der Waals surface area contributed by atoms with Gasteiger partial charge >= 0.3 is 12.4 Å². The van der Waals surface area contributed by atoms with Crippen molar-refractivity contribution in [3.8, 4) is 22.5 Å². The summed E-state index contributed by atoms with van der Waals surface area (Å²) < 4.78 is 77.8. The van der Waals surface area contributed by atoms with Crippen molar-refractivity contribution in [1.29, 1.82) is 0 Å². The number of benzene rings is 2. The number of aliphatic hydroxyl groups is 1. The van der Waals surface area contributed by atoms with Gasteiger partial charge in [0.15, 0.2) is 0 Å². The van der Waals surface area contributed by atoms with Crippen molar-refractivity contribution in [3.05, 3.63) is 77.4 Å². The first-order valence-corrected chi connectivity index (χ1v) is 8.05. The van der Waals surface area contributed by atoms with E-state index in [1.165, 1.54) is 36.4 Å². The van der Waals surface area contributed by atoms with E-state index in [4.69, 9.17) is 0 Å².